The molecule has 27 heavy (non-hydrogen) atoms. The number of aromatic nitrogens is 4. The Morgan fingerprint density at radius 2 is 1.93 bits per heavy atom. The number of nitrogens with one attached hydrogen (secondary N) is 2. The predicted octanol–water partition coefficient (Wildman–Crippen LogP) is 1.57. The molecule has 0 bridgehead atoms. The molecule has 0 fully saturated rings. The molecule has 0 spiro atoms. The first-order valence-corrected chi connectivity index (χ1v) is 8.91. The molecule has 2 aromatic heterocycles. The van der Waals surface area contributed by atoms with Crippen LogP contribution in [0.3, 0.4) is 0 Å². The van der Waals surface area contributed by atoms with Gasteiger partial charge in [-0.3, -0.25) is 9.59 Å². The molecule has 3 aromatic rings. The van der Waals surface area contributed by atoms with Gasteiger partial charge >= 0.3 is 0 Å². The monoisotopic (exact) mass is 386 g/mol. The van der Waals surface area contributed by atoms with E-state index in [9.17, 15) is 9.59 Å². The summed E-state index contributed by atoms with van der Waals surface area (Å²) >= 11 is 5.59. The minimum atomic E-state index is -0.446. The molecule has 8 nitrogen and oxygen atoms in total. The van der Waals surface area contributed by atoms with E-state index in [1.165, 1.54) is 4.52 Å². The van der Waals surface area contributed by atoms with Crippen LogP contribution in [0.1, 0.15) is 33.6 Å². The van der Waals surface area contributed by atoms with E-state index in [1.807, 2.05) is 50.2 Å². The number of hydrogen-bond donors (Lipinski definition) is 2. The van der Waals surface area contributed by atoms with Gasteiger partial charge in [0.15, 0.2) is 0 Å². The van der Waals surface area contributed by atoms with Crippen molar-refractivity contribution in [1.29, 1.82) is 0 Å². The van der Waals surface area contributed by atoms with Gasteiger partial charge in [0.05, 0.1) is 6.04 Å². The molecule has 2 heterocycles. The second-order valence-corrected chi connectivity index (χ2v) is 6.33. The van der Waals surface area contributed by atoms with Crippen molar-refractivity contribution >= 4 is 29.2 Å². The summed E-state index contributed by atoms with van der Waals surface area (Å²) in [6.07, 6.45) is 0. The van der Waals surface area contributed by atoms with Crippen LogP contribution in [-0.4, -0.2) is 43.8 Å². The van der Waals surface area contributed by atoms with E-state index in [2.05, 4.69) is 25.7 Å². The van der Waals surface area contributed by atoms with E-state index in [4.69, 9.17) is 11.6 Å². The van der Waals surface area contributed by atoms with Crippen molar-refractivity contribution in [1.82, 2.24) is 30.2 Å². The lowest BCUT2D eigenvalue weighted by Crippen LogP contribution is -2.38. The molecule has 0 saturated carbocycles. The maximum Gasteiger partial charge on any atom is 0.291 e. The van der Waals surface area contributed by atoms with Crippen molar-refractivity contribution in [3.63, 3.8) is 0 Å². The lowest BCUT2D eigenvalue weighted by molar-refractivity contribution is -0.119. The molecule has 0 radical (unpaired) electrons. The molecular weight excluding hydrogens is 368 g/mol. The highest BCUT2D eigenvalue weighted by molar-refractivity contribution is 6.27. The van der Waals surface area contributed by atoms with Gasteiger partial charge in [0, 0.05) is 17.9 Å². The van der Waals surface area contributed by atoms with Gasteiger partial charge in [-0.25, -0.2) is 9.50 Å². The maximum atomic E-state index is 12.5. The Hall–Kier alpha value is -3.00. The molecule has 0 aliphatic rings. The molecule has 2 N–H and O–H groups in total. The number of nitrogens with zero attached hydrogens (tertiary/aromatic N) is 4. The summed E-state index contributed by atoms with van der Waals surface area (Å²) in [5, 5.41) is 9.75. The molecule has 0 aliphatic heterocycles. The minimum absolute atomic E-state index is 0.0201. The number of fused-ring (bicyclic) bond motifs is 1. The van der Waals surface area contributed by atoms with Gasteiger partial charge in [0.2, 0.25) is 11.7 Å². The van der Waals surface area contributed by atoms with E-state index in [0.29, 0.717) is 5.78 Å². The Morgan fingerprint density at radius 1 is 1.19 bits per heavy atom. The van der Waals surface area contributed by atoms with Crippen molar-refractivity contribution in [2.75, 3.05) is 12.4 Å². The lowest BCUT2D eigenvalue weighted by atomic mass is 10.1. The van der Waals surface area contributed by atoms with Crippen molar-refractivity contribution < 1.29 is 9.59 Å². The van der Waals surface area contributed by atoms with Crippen molar-refractivity contribution in [2.45, 2.75) is 19.9 Å². The van der Waals surface area contributed by atoms with Gasteiger partial charge in [-0.1, -0.05) is 30.3 Å². The Kier molecular flexibility index (Phi) is 5.66. The molecule has 1 unspecified atom stereocenters. The van der Waals surface area contributed by atoms with Crippen LogP contribution in [0.25, 0.3) is 5.78 Å². The topological polar surface area (TPSA) is 101 Å². The molecule has 0 aliphatic carbocycles. The zero-order valence-corrected chi connectivity index (χ0v) is 15.7. The fourth-order valence-corrected chi connectivity index (χ4v) is 2.78. The smallest absolute Gasteiger partial charge is 0.291 e. The number of halogens is 1. The molecule has 3 rings (SSSR count). The summed E-state index contributed by atoms with van der Waals surface area (Å²) in [6.45, 7) is 3.89. The summed E-state index contributed by atoms with van der Waals surface area (Å²) in [7, 11) is 0. The molecule has 1 atom stereocenters. The molecule has 9 heteroatoms. The normalized spacial score (nSPS) is 12.0. The van der Waals surface area contributed by atoms with Crippen molar-refractivity contribution in [3.05, 3.63) is 59.2 Å². The molecule has 2 amide bonds. The quantitative estimate of drug-likeness (QED) is 0.626. The van der Waals surface area contributed by atoms with Gasteiger partial charge in [0.25, 0.3) is 11.7 Å². The third-order valence-electron chi connectivity index (χ3n) is 3.95. The molecule has 1 aromatic carbocycles. The van der Waals surface area contributed by atoms with Crippen LogP contribution in [0.15, 0.2) is 36.4 Å². The molecular formula is C18H19ClN6O2. The van der Waals surface area contributed by atoms with Crippen LogP contribution in [0.4, 0.5) is 0 Å². The second kappa shape index (κ2) is 8.13. The summed E-state index contributed by atoms with van der Waals surface area (Å²) in [5.74, 6) is -0.533. The maximum absolute atomic E-state index is 12.5. The predicted molar refractivity (Wildman–Crippen MR) is 101 cm³/mol. The zero-order valence-electron chi connectivity index (χ0n) is 14.9. The van der Waals surface area contributed by atoms with Gasteiger partial charge in [-0.2, -0.15) is 4.98 Å². The number of carbonyl (C=O) groups excluding carboxylic acids is 2. The minimum Gasteiger partial charge on any atom is -0.347 e. The summed E-state index contributed by atoms with van der Waals surface area (Å²) in [4.78, 5) is 32.6. The van der Waals surface area contributed by atoms with Crippen LogP contribution in [0.2, 0.25) is 0 Å². The summed E-state index contributed by atoms with van der Waals surface area (Å²) in [5.41, 5.74) is 2.49. The summed E-state index contributed by atoms with van der Waals surface area (Å²) in [6, 6.07) is 10.8. The number of rotatable bonds is 6. The van der Waals surface area contributed by atoms with Gasteiger partial charge in [0.1, 0.15) is 5.88 Å². The van der Waals surface area contributed by atoms with E-state index in [-0.39, 0.29) is 24.2 Å². The molecule has 0 saturated heterocycles. The van der Waals surface area contributed by atoms with E-state index in [0.717, 1.165) is 17.0 Å². The van der Waals surface area contributed by atoms with E-state index >= 15 is 0 Å². The SMILES string of the molecule is Cc1cc(C)n2nc(C(=O)NCC(NC(=O)CCl)c3ccccc3)nc2n1. The fraction of sp³-hybridized carbons (Fsp3) is 0.278. The van der Waals surface area contributed by atoms with Crippen molar-refractivity contribution in [3.8, 4) is 0 Å². The van der Waals surface area contributed by atoms with Crippen LogP contribution in [-0.2, 0) is 4.79 Å². The fourth-order valence-electron chi connectivity index (χ4n) is 2.71. The highest BCUT2D eigenvalue weighted by Crippen LogP contribution is 2.12. The molecule has 140 valence electrons. The zero-order chi connectivity index (χ0) is 19.4. The number of aryl methyl sites for hydroxylation is 2. The Bertz CT molecular complexity index is 973. The van der Waals surface area contributed by atoms with Gasteiger partial charge in [-0.15, -0.1) is 16.7 Å². The Morgan fingerprint density at radius 3 is 2.63 bits per heavy atom. The van der Waals surface area contributed by atoms with Crippen LogP contribution < -0.4 is 10.6 Å². The number of hydrogen-bond acceptors (Lipinski definition) is 5. The Balaban J connectivity index is 1.75. The lowest BCUT2D eigenvalue weighted by Gasteiger charge is -2.19. The van der Waals surface area contributed by atoms with Crippen LogP contribution in [0.5, 0.6) is 0 Å². The van der Waals surface area contributed by atoms with E-state index in [1.54, 1.807) is 0 Å². The number of amides is 2. The average Bonchev–Trinajstić information content (AvgIpc) is 3.09. The van der Waals surface area contributed by atoms with Crippen LogP contribution >= 0.6 is 11.6 Å². The largest absolute Gasteiger partial charge is 0.347 e. The second-order valence-electron chi connectivity index (χ2n) is 6.06. The summed E-state index contributed by atoms with van der Waals surface area (Å²) < 4.78 is 1.52. The van der Waals surface area contributed by atoms with Gasteiger partial charge in [-0.05, 0) is 25.5 Å². The standard InChI is InChI=1S/C18H19ClN6O2/c1-11-8-12(2)25-18(21-11)23-16(24-25)17(27)20-10-14(22-15(26)9-19)13-6-4-3-5-7-13/h3-8,14H,9-10H2,1-2H3,(H,20,27)(H,22,26). The third kappa shape index (κ3) is 4.40. The van der Waals surface area contributed by atoms with Crippen LogP contribution in [0, 0.1) is 13.8 Å². The Labute approximate surface area is 161 Å². The first-order chi connectivity index (χ1) is 13.0. The third-order valence-corrected chi connectivity index (χ3v) is 4.19. The highest BCUT2D eigenvalue weighted by Gasteiger charge is 2.19. The highest BCUT2D eigenvalue weighted by atomic mass is 35.5. The van der Waals surface area contributed by atoms with Crippen molar-refractivity contribution in [2.24, 2.45) is 0 Å². The first-order valence-electron chi connectivity index (χ1n) is 8.37. The average molecular weight is 387 g/mol. The van der Waals surface area contributed by atoms with E-state index < -0.39 is 11.9 Å². The number of carbonyl (C=O) groups is 2. The van der Waals surface area contributed by atoms with Gasteiger partial charge < -0.3 is 10.6 Å². The number of benzene rings is 1. The first kappa shape index (κ1) is 18.8. The number of alkyl halides is 1.